The van der Waals surface area contributed by atoms with Crippen molar-refractivity contribution in [3.63, 3.8) is 0 Å². The topological polar surface area (TPSA) is 79.7 Å². The molecule has 0 atom stereocenters. The van der Waals surface area contributed by atoms with Gasteiger partial charge in [0, 0.05) is 25.4 Å². The highest BCUT2D eigenvalue weighted by Crippen LogP contribution is 2.05. The molecule has 6 nitrogen and oxygen atoms in total. The van der Waals surface area contributed by atoms with Gasteiger partial charge < -0.3 is 14.7 Å². The van der Waals surface area contributed by atoms with Crippen LogP contribution in [0.2, 0.25) is 0 Å². The van der Waals surface area contributed by atoms with Gasteiger partial charge in [-0.25, -0.2) is 9.78 Å². The molecule has 0 aliphatic rings. The van der Waals surface area contributed by atoms with Crippen LogP contribution in [-0.2, 0) is 4.74 Å². The molecule has 1 rings (SSSR count). The molecular weight excluding hydrogens is 248 g/mol. The molecule has 1 amide bonds. The van der Waals surface area contributed by atoms with Crippen molar-refractivity contribution in [1.82, 2.24) is 9.88 Å². The standard InChI is InChI=1S/C13H18N2O4/c1-9(2)19-7-6-15(3)12(16)10-4-5-14-11(8-10)13(17)18/h4-5,8-9H,6-7H2,1-3H3,(H,17,18). The lowest BCUT2D eigenvalue weighted by atomic mass is 10.2. The largest absolute Gasteiger partial charge is 0.477 e. The van der Waals surface area contributed by atoms with Gasteiger partial charge in [0.2, 0.25) is 0 Å². The van der Waals surface area contributed by atoms with Crippen LogP contribution in [-0.4, -0.2) is 53.2 Å². The number of carboxylic acid groups (broad SMARTS) is 1. The van der Waals surface area contributed by atoms with Gasteiger partial charge in [0.05, 0.1) is 12.7 Å². The quantitative estimate of drug-likeness (QED) is 0.839. The Bertz CT molecular complexity index is 460. The third-order valence-electron chi connectivity index (χ3n) is 2.45. The lowest BCUT2D eigenvalue weighted by Gasteiger charge is -2.18. The summed E-state index contributed by atoms with van der Waals surface area (Å²) in [4.78, 5) is 28.0. The number of rotatable bonds is 6. The Kier molecular flexibility index (Phi) is 5.44. The van der Waals surface area contributed by atoms with Gasteiger partial charge in [-0.05, 0) is 26.0 Å². The van der Waals surface area contributed by atoms with Crippen molar-refractivity contribution >= 4 is 11.9 Å². The maximum absolute atomic E-state index is 12.0. The summed E-state index contributed by atoms with van der Waals surface area (Å²) in [5.41, 5.74) is 0.164. The van der Waals surface area contributed by atoms with Crippen molar-refractivity contribution in [2.24, 2.45) is 0 Å². The van der Waals surface area contributed by atoms with Crippen molar-refractivity contribution in [3.05, 3.63) is 29.6 Å². The van der Waals surface area contributed by atoms with Crippen molar-refractivity contribution in [2.45, 2.75) is 20.0 Å². The van der Waals surface area contributed by atoms with Crippen LogP contribution in [0.25, 0.3) is 0 Å². The summed E-state index contributed by atoms with van der Waals surface area (Å²) >= 11 is 0. The van der Waals surface area contributed by atoms with E-state index in [-0.39, 0.29) is 17.7 Å². The van der Waals surface area contributed by atoms with E-state index in [0.29, 0.717) is 18.7 Å². The summed E-state index contributed by atoms with van der Waals surface area (Å²) in [7, 11) is 1.65. The summed E-state index contributed by atoms with van der Waals surface area (Å²) in [5.74, 6) is -1.40. The highest BCUT2D eigenvalue weighted by Gasteiger charge is 2.14. The third-order valence-corrected chi connectivity index (χ3v) is 2.45. The molecule has 1 N–H and O–H groups in total. The number of carbonyl (C=O) groups is 2. The first-order chi connectivity index (χ1) is 8.91. The molecule has 0 aliphatic heterocycles. The Balaban J connectivity index is 2.66. The van der Waals surface area contributed by atoms with Crippen LogP contribution < -0.4 is 0 Å². The molecule has 0 spiro atoms. The first-order valence-corrected chi connectivity index (χ1v) is 5.98. The predicted molar refractivity (Wildman–Crippen MR) is 69.2 cm³/mol. The van der Waals surface area contributed by atoms with Crippen molar-refractivity contribution in [2.75, 3.05) is 20.2 Å². The molecule has 1 aromatic rings. The summed E-state index contributed by atoms with van der Waals surface area (Å²) < 4.78 is 5.36. The number of hydrogen-bond acceptors (Lipinski definition) is 4. The smallest absolute Gasteiger partial charge is 0.354 e. The zero-order valence-electron chi connectivity index (χ0n) is 11.3. The van der Waals surface area contributed by atoms with Crippen LogP contribution in [0.5, 0.6) is 0 Å². The van der Waals surface area contributed by atoms with E-state index in [2.05, 4.69) is 4.98 Å². The lowest BCUT2D eigenvalue weighted by molar-refractivity contribution is 0.0532. The minimum absolute atomic E-state index is 0.114. The Morgan fingerprint density at radius 1 is 1.47 bits per heavy atom. The average molecular weight is 266 g/mol. The zero-order chi connectivity index (χ0) is 14.4. The Morgan fingerprint density at radius 2 is 2.16 bits per heavy atom. The monoisotopic (exact) mass is 266 g/mol. The van der Waals surface area contributed by atoms with E-state index < -0.39 is 5.97 Å². The summed E-state index contributed by atoms with van der Waals surface area (Å²) in [6.45, 7) is 4.73. The fraction of sp³-hybridized carbons (Fsp3) is 0.462. The van der Waals surface area contributed by atoms with Crippen molar-refractivity contribution in [1.29, 1.82) is 0 Å². The predicted octanol–water partition coefficient (Wildman–Crippen LogP) is 1.28. The van der Waals surface area contributed by atoms with Crippen LogP contribution in [0.4, 0.5) is 0 Å². The molecule has 0 aliphatic carbocycles. The number of carbonyl (C=O) groups excluding carboxylic acids is 1. The molecule has 1 heterocycles. The van der Waals surface area contributed by atoms with Crippen LogP contribution in [0.1, 0.15) is 34.7 Å². The molecule has 0 unspecified atom stereocenters. The SMILES string of the molecule is CC(C)OCCN(C)C(=O)c1ccnc(C(=O)O)c1. The zero-order valence-corrected chi connectivity index (χ0v) is 11.3. The van der Waals surface area contributed by atoms with E-state index in [0.717, 1.165) is 0 Å². The summed E-state index contributed by atoms with van der Waals surface area (Å²) in [6.07, 6.45) is 1.43. The second-order valence-corrected chi connectivity index (χ2v) is 4.38. The van der Waals surface area contributed by atoms with E-state index >= 15 is 0 Å². The third kappa shape index (κ3) is 4.67. The lowest BCUT2D eigenvalue weighted by Crippen LogP contribution is -2.31. The highest BCUT2D eigenvalue weighted by molar-refractivity contribution is 5.96. The maximum Gasteiger partial charge on any atom is 0.354 e. The van der Waals surface area contributed by atoms with Gasteiger partial charge in [-0.1, -0.05) is 0 Å². The van der Waals surface area contributed by atoms with E-state index in [9.17, 15) is 9.59 Å². The summed E-state index contributed by atoms with van der Waals surface area (Å²) in [5, 5.41) is 8.82. The van der Waals surface area contributed by atoms with Gasteiger partial charge in [-0.3, -0.25) is 4.79 Å². The molecule has 0 saturated carbocycles. The van der Waals surface area contributed by atoms with Gasteiger partial charge >= 0.3 is 5.97 Å². The molecule has 0 saturated heterocycles. The average Bonchev–Trinajstić information content (AvgIpc) is 2.37. The van der Waals surface area contributed by atoms with Gasteiger partial charge in [0.1, 0.15) is 5.69 Å². The molecular formula is C13H18N2O4. The molecule has 0 radical (unpaired) electrons. The van der Waals surface area contributed by atoms with Crippen LogP contribution >= 0.6 is 0 Å². The summed E-state index contributed by atoms with van der Waals surface area (Å²) in [6, 6.07) is 2.76. The van der Waals surface area contributed by atoms with Crippen LogP contribution in [0.3, 0.4) is 0 Å². The normalized spacial score (nSPS) is 10.5. The maximum atomic E-state index is 12.0. The number of ether oxygens (including phenoxy) is 1. The fourth-order valence-electron chi connectivity index (χ4n) is 1.43. The molecule has 0 bridgehead atoms. The van der Waals surface area contributed by atoms with Gasteiger partial charge in [-0.2, -0.15) is 0 Å². The number of carboxylic acids is 1. The Labute approximate surface area is 112 Å². The first kappa shape index (κ1) is 15.1. The molecule has 104 valence electrons. The molecule has 0 aromatic carbocycles. The van der Waals surface area contributed by atoms with E-state index in [1.54, 1.807) is 7.05 Å². The van der Waals surface area contributed by atoms with Crippen LogP contribution in [0.15, 0.2) is 18.3 Å². The molecule has 0 fully saturated rings. The minimum Gasteiger partial charge on any atom is -0.477 e. The molecule has 1 aromatic heterocycles. The second kappa shape index (κ2) is 6.84. The van der Waals surface area contributed by atoms with Crippen molar-refractivity contribution < 1.29 is 19.4 Å². The van der Waals surface area contributed by atoms with E-state index in [1.165, 1.54) is 23.2 Å². The highest BCUT2D eigenvalue weighted by atomic mass is 16.5. The second-order valence-electron chi connectivity index (χ2n) is 4.38. The number of likely N-dealkylation sites (N-methyl/N-ethyl adjacent to an activating group) is 1. The van der Waals surface area contributed by atoms with Crippen molar-refractivity contribution in [3.8, 4) is 0 Å². The Hall–Kier alpha value is -1.95. The van der Waals surface area contributed by atoms with Gasteiger partial charge in [0.25, 0.3) is 5.91 Å². The number of nitrogens with zero attached hydrogens (tertiary/aromatic N) is 2. The van der Waals surface area contributed by atoms with Gasteiger partial charge in [0.15, 0.2) is 0 Å². The number of amides is 1. The Morgan fingerprint density at radius 3 is 2.74 bits per heavy atom. The van der Waals surface area contributed by atoms with E-state index in [1.807, 2.05) is 13.8 Å². The molecule has 6 heteroatoms. The number of hydrogen-bond donors (Lipinski definition) is 1. The number of aromatic carboxylic acids is 1. The molecule has 19 heavy (non-hydrogen) atoms. The first-order valence-electron chi connectivity index (χ1n) is 5.98. The number of pyridine rings is 1. The van der Waals surface area contributed by atoms with E-state index in [4.69, 9.17) is 9.84 Å². The van der Waals surface area contributed by atoms with Gasteiger partial charge in [-0.15, -0.1) is 0 Å². The van der Waals surface area contributed by atoms with Crippen LogP contribution in [0, 0.1) is 0 Å². The number of aromatic nitrogens is 1. The fourth-order valence-corrected chi connectivity index (χ4v) is 1.43. The minimum atomic E-state index is -1.15.